The van der Waals surface area contributed by atoms with Gasteiger partial charge in [0.1, 0.15) is 0 Å². The molecule has 2 unspecified atom stereocenters. The quantitative estimate of drug-likeness (QED) is 0.732. The molecule has 0 aliphatic carbocycles. The number of hydrogen-bond donors (Lipinski definition) is 1. The van der Waals surface area contributed by atoms with Gasteiger partial charge >= 0.3 is 0 Å². The summed E-state index contributed by atoms with van der Waals surface area (Å²) in [5, 5.41) is 2.83. The molecule has 0 bridgehead atoms. The lowest BCUT2D eigenvalue weighted by Gasteiger charge is -2.32. The third-order valence-electron chi connectivity index (χ3n) is 4.86. The molecule has 0 spiro atoms. The smallest absolute Gasteiger partial charge is 0.221 e. The highest BCUT2D eigenvalue weighted by atomic mass is 32.2. The van der Waals surface area contributed by atoms with Crippen molar-refractivity contribution in [3.05, 3.63) is 48.0 Å². The molecule has 138 valence electrons. The number of para-hydroxylation sites is 1. The van der Waals surface area contributed by atoms with Crippen molar-refractivity contribution in [1.82, 2.24) is 4.31 Å². The highest BCUT2D eigenvalue weighted by Crippen LogP contribution is 2.45. The maximum absolute atomic E-state index is 13.0. The molecule has 2 aliphatic heterocycles. The van der Waals surface area contributed by atoms with E-state index in [4.69, 9.17) is 4.74 Å². The van der Waals surface area contributed by atoms with Crippen LogP contribution in [0.15, 0.2) is 52.3 Å². The van der Waals surface area contributed by atoms with Gasteiger partial charge < -0.3 is 10.1 Å². The molecule has 7 heteroatoms. The third kappa shape index (κ3) is 3.24. The Labute approximate surface area is 158 Å². The minimum atomic E-state index is -3.42. The zero-order valence-corrected chi connectivity index (χ0v) is 16.4. The molecule has 0 radical (unpaired) electrons. The molecule has 2 aliphatic rings. The maximum atomic E-state index is 13.0. The zero-order chi connectivity index (χ0) is 18.3. The third-order valence-corrected chi connectivity index (χ3v) is 8.23. The average molecular weight is 391 g/mol. The van der Waals surface area contributed by atoms with E-state index in [1.54, 1.807) is 23.0 Å². The number of fused-ring (bicyclic) bond motifs is 2. The van der Waals surface area contributed by atoms with E-state index in [2.05, 4.69) is 11.4 Å². The van der Waals surface area contributed by atoms with Crippen molar-refractivity contribution in [1.29, 1.82) is 0 Å². The summed E-state index contributed by atoms with van der Waals surface area (Å²) in [6, 6.07) is 14.0. The molecule has 2 atom stereocenters. The Kier molecular flexibility index (Phi) is 4.73. The summed E-state index contributed by atoms with van der Waals surface area (Å²) in [4.78, 5) is 2.28. The summed E-state index contributed by atoms with van der Waals surface area (Å²) in [7, 11) is -3.42. The molecule has 26 heavy (non-hydrogen) atoms. The Hall–Kier alpha value is -1.54. The lowest BCUT2D eigenvalue weighted by atomic mass is 10.1. The van der Waals surface area contributed by atoms with E-state index in [1.807, 2.05) is 43.3 Å². The highest BCUT2D eigenvalue weighted by Gasteiger charge is 2.33. The molecule has 2 aromatic carbocycles. The SMILES string of the molecule is CC1CN(S(=O)(=O)C(C)c2ccc3c(c2)Nc2ccccc2S3)CCO1. The van der Waals surface area contributed by atoms with Crippen LogP contribution in [-0.2, 0) is 14.8 Å². The fourth-order valence-electron chi connectivity index (χ4n) is 3.32. The predicted molar refractivity (Wildman–Crippen MR) is 105 cm³/mol. The van der Waals surface area contributed by atoms with Gasteiger partial charge in [0.25, 0.3) is 0 Å². The standard InChI is InChI=1S/C19H22N2O3S2/c1-13-12-21(9-10-24-13)26(22,23)14(2)15-7-8-19-17(11-15)20-16-5-3-4-6-18(16)25-19/h3-8,11,13-14,20H,9-10,12H2,1-2H3. The van der Waals surface area contributed by atoms with Crippen molar-refractivity contribution in [3.63, 3.8) is 0 Å². The molecule has 1 saturated heterocycles. The molecule has 2 aromatic rings. The second-order valence-electron chi connectivity index (χ2n) is 6.71. The van der Waals surface area contributed by atoms with Crippen LogP contribution >= 0.6 is 11.8 Å². The summed E-state index contributed by atoms with van der Waals surface area (Å²) >= 11 is 1.70. The maximum Gasteiger partial charge on any atom is 0.221 e. The van der Waals surface area contributed by atoms with Crippen LogP contribution in [0.5, 0.6) is 0 Å². The van der Waals surface area contributed by atoms with Crippen LogP contribution < -0.4 is 5.32 Å². The highest BCUT2D eigenvalue weighted by molar-refractivity contribution is 7.99. The Bertz CT molecular complexity index is 930. The number of hydrogen-bond acceptors (Lipinski definition) is 5. The van der Waals surface area contributed by atoms with E-state index in [9.17, 15) is 8.42 Å². The van der Waals surface area contributed by atoms with E-state index < -0.39 is 15.3 Å². The first-order valence-electron chi connectivity index (χ1n) is 8.73. The first-order valence-corrected chi connectivity index (χ1v) is 11.1. The van der Waals surface area contributed by atoms with Gasteiger partial charge in [-0.1, -0.05) is 30.0 Å². The Morgan fingerprint density at radius 2 is 1.96 bits per heavy atom. The second kappa shape index (κ2) is 6.88. The van der Waals surface area contributed by atoms with Crippen LogP contribution in [-0.4, -0.2) is 38.5 Å². The van der Waals surface area contributed by atoms with Crippen LogP contribution in [0.4, 0.5) is 11.4 Å². The number of sulfonamides is 1. The van der Waals surface area contributed by atoms with Crippen LogP contribution in [0.3, 0.4) is 0 Å². The molecule has 0 amide bonds. The fourth-order valence-corrected chi connectivity index (χ4v) is 5.98. The first kappa shape index (κ1) is 17.9. The monoisotopic (exact) mass is 390 g/mol. The Morgan fingerprint density at radius 1 is 1.19 bits per heavy atom. The molecular weight excluding hydrogens is 368 g/mol. The fraction of sp³-hybridized carbons (Fsp3) is 0.368. The number of ether oxygens (including phenoxy) is 1. The molecule has 4 rings (SSSR count). The minimum absolute atomic E-state index is 0.0659. The van der Waals surface area contributed by atoms with Crippen molar-refractivity contribution < 1.29 is 13.2 Å². The summed E-state index contributed by atoms with van der Waals surface area (Å²) in [6.45, 7) is 4.96. The summed E-state index contributed by atoms with van der Waals surface area (Å²) in [5.41, 5.74) is 2.82. The number of rotatable bonds is 3. The van der Waals surface area contributed by atoms with Crippen LogP contribution in [0.1, 0.15) is 24.7 Å². The second-order valence-corrected chi connectivity index (χ2v) is 10.0. The van der Waals surface area contributed by atoms with Gasteiger partial charge in [0.05, 0.1) is 29.3 Å². The zero-order valence-electron chi connectivity index (χ0n) is 14.8. The largest absolute Gasteiger partial charge is 0.376 e. The van der Waals surface area contributed by atoms with Crippen molar-refractivity contribution in [2.24, 2.45) is 0 Å². The van der Waals surface area contributed by atoms with Gasteiger partial charge in [-0.05, 0) is 43.7 Å². The van der Waals surface area contributed by atoms with E-state index in [-0.39, 0.29) is 6.10 Å². The topological polar surface area (TPSA) is 58.6 Å². The van der Waals surface area contributed by atoms with Crippen molar-refractivity contribution in [3.8, 4) is 0 Å². The van der Waals surface area contributed by atoms with Crippen LogP contribution in [0.25, 0.3) is 0 Å². The Morgan fingerprint density at radius 3 is 2.77 bits per heavy atom. The van der Waals surface area contributed by atoms with Gasteiger partial charge in [-0.3, -0.25) is 0 Å². The summed E-state index contributed by atoms with van der Waals surface area (Å²) in [5.74, 6) is 0. The molecule has 5 nitrogen and oxygen atoms in total. The van der Waals surface area contributed by atoms with Gasteiger partial charge in [0.15, 0.2) is 0 Å². The molecule has 1 N–H and O–H groups in total. The average Bonchev–Trinajstić information content (AvgIpc) is 2.65. The first-order chi connectivity index (χ1) is 12.4. The molecule has 1 fully saturated rings. The van der Waals surface area contributed by atoms with Gasteiger partial charge in [0.2, 0.25) is 10.0 Å². The lowest BCUT2D eigenvalue weighted by molar-refractivity contribution is 0.00990. The lowest BCUT2D eigenvalue weighted by Crippen LogP contribution is -2.45. The normalized spacial score (nSPS) is 21.4. The number of nitrogens with zero attached hydrogens (tertiary/aromatic N) is 1. The van der Waals surface area contributed by atoms with Gasteiger partial charge in [-0.2, -0.15) is 4.31 Å². The van der Waals surface area contributed by atoms with Gasteiger partial charge in [-0.25, -0.2) is 8.42 Å². The van der Waals surface area contributed by atoms with E-state index in [1.165, 1.54) is 4.90 Å². The van der Waals surface area contributed by atoms with Gasteiger partial charge in [0, 0.05) is 22.9 Å². The Balaban J connectivity index is 1.61. The van der Waals surface area contributed by atoms with E-state index in [0.29, 0.717) is 19.7 Å². The summed E-state index contributed by atoms with van der Waals surface area (Å²) < 4.78 is 33.1. The van der Waals surface area contributed by atoms with Crippen molar-refractivity contribution >= 4 is 33.2 Å². The molecule has 0 aromatic heterocycles. The number of benzene rings is 2. The molecule has 2 heterocycles. The molecule has 0 saturated carbocycles. The van der Waals surface area contributed by atoms with Gasteiger partial charge in [-0.15, -0.1) is 0 Å². The van der Waals surface area contributed by atoms with Crippen LogP contribution in [0, 0.1) is 0 Å². The van der Waals surface area contributed by atoms with E-state index in [0.717, 1.165) is 21.8 Å². The van der Waals surface area contributed by atoms with Crippen molar-refractivity contribution in [2.45, 2.75) is 35.0 Å². The molecular formula is C19H22N2O3S2. The number of morpholine rings is 1. The van der Waals surface area contributed by atoms with Crippen molar-refractivity contribution in [2.75, 3.05) is 25.0 Å². The number of anilines is 2. The predicted octanol–water partition coefficient (Wildman–Crippen LogP) is 4.01. The summed E-state index contributed by atoms with van der Waals surface area (Å²) in [6.07, 6.45) is -0.0659. The van der Waals surface area contributed by atoms with Crippen LogP contribution in [0.2, 0.25) is 0 Å². The number of nitrogens with one attached hydrogen (secondary N) is 1. The van der Waals surface area contributed by atoms with E-state index >= 15 is 0 Å². The minimum Gasteiger partial charge on any atom is -0.376 e.